The Labute approximate surface area is 178 Å². The van der Waals surface area contributed by atoms with E-state index in [1.54, 1.807) is 0 Å². The van der Waals surface area contributed by atoms with Crippen molar-refractivity contribution in [3.05, 3.63) is 59.3 Å². The summed E-state index contributed by atoms with van der Waals surface area (Å²) in [5, 5.41) is 8.78. The van der Waals surface area contributed by atoms with Gasteiger partial charge in [0.1, 0.15) is 5.82 Å². The summed E-state index contributed by atoms with van der Waals surface area (Å²) in [5.74, 6) is 1.57. The van der Waals surface area contributed by atoms with Crippen LogP contribution in [0.1, 0.15) is 20.3 Å². The van der Waals surface area contributed by atoms with Crippen LogP contribution in [0.5, 0.6) is 0 Å². The second kappa shape index (κ2) is 8.21. The number of aromatic nitrogens is 4. The average molecular weight is 451 g/mol. The van der Waals surface area contributed by atoms with E-state index in [2.05, 4.69) is 62.4 Å². The number of rotatable bonds is 6. The van der Waals surface area contributed by atoms with E-state index < -0.39 is 0 Å². The molecule has 0 aliphatic rings. The number of aryl methyl sites for hydroxylation is 1. The lowest BCUT2D eigenvalue weighted by atomic mass is 10.1. The summed E-state index contributed by atoms with van der Waals surface area (Å²) < 4.78 is 2.99. The molecule has 3 N–H and O–H groups in total. The smallest absolute Gasteiger partial charge is 0.222 e. The zero-order valence-corrected chi connectivity index (χ0v) is 18.0. The summed E-state index contributed by atoms with van der Waals surface area (Å²) in [6, 6.07) is 14.0. The van der Waals surface area contributed by atoms with Gasteiger partial charge >= 0.3 is 0 Å². The number of nitrogen functional groups attached to an aromatic ring is 1. The summed E-state index contributed by atoms with van der Waals surface area (Å²) in [6.45, 7) is 5.36. The molecule has 0 saturated carbocycles. The van der Waals surface area contributed by atoms with Gasteiger partial charge in [0.15, 0.2) is 0 Å². The van der Waals surface area contributed by atoms with E-state index >= 15 is 0 Å². The van der Waals surface area contributed by atoms with E-state index in [0.29, 0.717) is 11.7 Å². The molecule has 2 aromatic heterocycles. The predicted molar refractivity (Wildman–Crippen MR) is 122 cm³/mol. The summed E-state index contributed by atoms with van der Waals surface area (Å²) >= 11 is 3.50. The van der Waals surface area contributed by atoms with Gasteiger partial charge in [-0.05, 0) is 48.2 Å². The maximum Gasteiger partial charge on any atom is 0.222 e. The number of nitrogens with two attached hydrogens (primary N) is 1. The van der Waals surface area contributed by atoms with Crippen molar-refractivity contribution in [2.75, 3.05) is 11.1 Å². The van der Waals surface area contributed by atoms with Crippen LogP contribution in [-0.4, -0.2) is 19.7 Å². The Balaban J connectivity index is 1.70. The number of fused-ring (bicyclic) bond motifs is 1. The van der Waals surface area contributed by atoms with Crippen molar-refractivity contribution < 1.29 is 0 Å². The number of hydrogen-bond donors (Lipinski definition) is 2. The van der Waals surface area contributed by atoms with Gasteiger partial charge in [0.05, 0.1) is 11.7 Å². The topological polar surface area (TPSA) is 81.7 Å². The van der Waals surface area contributed by atoms with E-state index in [-0.39, 0.29) is 5.95 Å². The first-order valence-electron chi connectivity index (χ1n) is 9.60. The van der Waals surface area contributed by atoms with Gasteiger partial charge in [0.25, 0.3) is 0 Å². The highest BCUT2D eigenvalue weighted by molar-refractivity contribution is 9.10. The van der Waals surface area contributed by atoms with Gasteiger partial charge in [-0.2, -0.15) is 10.1 Å². The molecule has 2 aromatic carbocycles. The minimum Gasteiger partial charge on any atom is -0.368 e. The fourth-order valence-electron chi connectivity index (χ4n) is 3.15. The number of nitrogens with zero attached hydrogens (tertiary/aromatic N) is 4. The predicted octanol–water partition coefficient (Wildman–Crippen LogP) is 5.63. The number of hydrogen-bond acceptors (Lipinski definition) is 5. The summed E-state index contributed by atoms with van der Waals surface area (Å²) in [5.41, 5.74) is 9.79. The van der Waals surface area contributed by atoms with Crippen LogP contribution in [0, 0.1) is 5.92 Å². The van der Waals surface area contributed by atoms with Crippen LogP contribution in [-0.2, 0) is 6.54 Å². The molecule has 0 aliphatic heterocycles. The largest absolute Gasteiger partial charge is 0.368 e. The van der Waals surface area contributed by atoms with Crippen LogP contribution < -0.4 is 11.1 Å². The zero-order chi connectivity index (χ0) is 20.4. The van der Waals surface area contributed by atoms with Crippen LogP contribution in [0.2, 0.25) is 0 Å². The highest BCUT2D eigenvalue weighted by Gasteiger charge is 2.10. The Morgan fingerprint density at radius 1 is 1.10 bits per heavy atom. The monoisotopic (exact) mass is 450 g/mol. The molecule has 7 heteroatoms. The summed E-state index contributed by atoms with van der Waals surface area (Å²) in [6.07, 6.45) is 5.09. The van der Waals surface area contributed by atoms with Crippen molar-refractivity contribution >= 4 is 44.3 Å². The lowest BCUT2D eigenvalue weighted by Gasteiger charge is -2.11. The number of anilines is 3. The van der Waals surface area contributed by atoms with Crippen LogP contribution >= 0.6 is 15.9 Å². The molecule has 0 atom stereocenters. The van der Waals surface area contributed by atoms with Crippen molar-refractivity contribution in [3.63, 3.8) is 0 Å². The third-order valence-electron chi connectivity index (χ3n) is 4.70. The van der Waals surface area contributed by atoms with E-state index in [1.807, 2.05) is 47.3 Å². The van der Waals surface area contributed by atoms with Crippen molar-refractivity contribution in [3.8, 4) is 11.1 Å². The lowest BCUT2D eigenvalue weighted by molar-refractivity contribution is 0.487. The fourth-order valence-corrected chi connectivity index (χ4v) is 3.55. The van der Waals surface area contributed by atoms with E-state index in [0.717, 1.165) is 45.2 Å². The third kappa shape index (κ3) is 4.56. The molecule has 4 aromatic rings. The van der Waals surface area contributed by atoms with E-state index in [9.17, 15) is 0 Å². The SMILES string of the molecule is CC(C)CCn1cc(-c2ccc3nc(N)nc(Nc4cccc(Br)c4)c3c2)cn1. The van der Waals surface area contributed by atoms with Crippen LogP contribution in [0.3, 0.4) is 0 Å². The lowest BCUT2D eigenvalue weighted by Crippen LogP contribution is -2.01. The molecule has 29 heavy (non-hydrogen) atoms. The normalized spacial score (nSPS) is 11.3. The van der Waals surface area contributed by atoms with E-state index in [1.165, 1.54) is 0 Å². The molecule has 2 heterocycles. The minimum absolute atomic E-state index is 0.240. The van der Waals surface area contributed by atoms with Gasteiger partial charge in [0.2, 0.25) is 5.95 Å². The van der Waals surface area contributed by atoms with Gasteiger partial charge in [-0.1, -0.05) is 41.9 Å². The highest BCUT2D eigenvalue weighted by atomic mass is 79.9. The van der Waals surface area contributed by atoms with Crippen LogP contribution in [0.4, 0.5) is 17.5 Å². The van der Waals surface area contributed by atoms with Gasteiger partial charge < -0.3 is 11.1 Å². The molecular formula is C22H23BrN6. The number of benzene rings is 2. The zero-order valence-electron chi connectivity index (χ0n) is 16.4. The quantitative estimate of drug-likeness (QED) is 0.397. The molecule has 0 unspecified atom stereocenters. The molecular weight excluding hydrogens is 428 g/mol. The second-order valence-corrected chi connectivity index (χ2v) is 8.39. The molecule has 0 spiro atoms. The maximum absolute atomic E-state index is 5.93. The Kier molecular flexibility index (Phi) is 5.49. The van der Waals surface area contributed by atoms with Crippen molar-refractivity contribution in [1.29, 1.82) is 0 Å². The highest BCUT2D eigenvalue weighted by Crippen LogP contribution is 2.30. The molecule has 4 rings (SSSR count). The Morgan fingerprint density at radius 2 is 1.97 bits per heavy atom. The van der Waals surface area contributed by atoms with Gasteiger partial charge in [-0.3, -0.25) is 4.68 Å². The standard InChI is InChI=1S/C22H23BrN6/c1-14(2)8-9-29-13-16(12-25-29)15-6-7-20-19(10-15)21(28-22(24)27-20)26-18-5-3-4-17(23)11-18/h3-7,10-14H,8-9H2,1-2H3,(H3,24,26,27,28). The van der Waals surface area contributed by atoms with E-state index in [4.69, 9.17) is 5.73 Å². The third-order valence-corrected chi connectivity index (χ3v) is 5.20. The fraction of sp³-hybridized carbons (Fsp3) is 0.227. The van der Waals surface area contributed by atoms with Gasteiger partial charge in [-0.25, -0.2) is 4.98 Å². The van der Waals surface area contributed by atoms with Crippen LogP contribution in [0.15, 0.2) is 59.3 Å². The maximum atomic E-state index is 5.93. The van der Waals surface area contributed by atoms with Crippen molar-refractivity contribution in [2.45, 2.75) is 26.8 Å². The molecule has 0 amide bonds. The first-order valence-corrected chi connectivity index (χ1v) is 10.4. The number of halogens is 1. The minimum atomic E-state index is 0.240. The average Bonchev–Trinajstić information content (AvgIpc) is 3.15. The summed E-state index contributed by atoms with van der Waals surface area (Å²) in [7, 11) is 0. The molecule has 0 bridgehead atoms. The first-order chi connectivity index (χ1) is 14.0. The van der Waals surface area contributed by atoms with Crippen LogP contribution in [0.25, 0.3) is 22.0 Å². The Morgan fingerprint density at radius 3 is 2.76 bits per heavy atom. The molecule has 0 saturated heterocycles. The number of nitrogens with one attached hydrogen (secondary N) is 1. The molecule has 0 radical (unpaired) electrons. The Bertz CT molecular complexity index is 1150. The van der Waals surface area contributed by atoms with Gasteiger partial charge in [0, 0.05) is 33.9 Å². The Hall–Kier alpha value is -2.93. The molecule has 148 valence electrons. The molecule has 6 nitrogen and oxygen atoms in total. The van der Waals surface area contributed by atoms with Crippen molar-refractivity contribution in [2.24, 2.45) is 5.92 Å². The van der Waals surface area contributed by atoms with Gasteiger partial charge in [-0.15, -0.1) is 0 Å². The molecule has 0 fully saturated rings. The molecule has 0 aliphatic carbocycles. The second-order valence-electron chi connectivity index (χ2n) is 7.47. The summed E-state index contributed by atoms with van der Waals surface area (Å²) in [4.78, 5) is 8.82. The first kappa shape index (κ1) is 19.4. The van der Waals surface area contributed by atoms with Crippen molar-refractivity contribution in [1.82, 2.24) is 19.7 Å².